The fourth-order valence-corrected chi connectivity index (χ4v) is 3.90. The highest BCUT2D eigenvalue weighted by atomic mass is 19.1. The molecule has 0 spiro atoms. The minimum Gasteiger partial charge on any atom is -0.475 e. The summed E-state index contributed by atoms with van der Waals surface area (Å²) in [5, 5.41) is 2.74. The highest BCUT2D eigenvalue weighted by molar-refractivity contribution is 5.72. The van der Waals surface area contributed by atoms with Gasteiger partial charge in [0, 0.05) is 12.1 Å². The van der Waals surface area contributed by atoms with Crippen LogP contribution >= 0.6 is 0 Å². The lowest BCUT2D eigenvalue weighted by atomic mass is 10.1. The molecule has 0 saturated carbocycles. The van der Waals surface area contributed by atoms with Gasteiger partial charge >= 0.3 is 6.09 Å². The molecule has 3 aromatic rings. The molecule has 0 aliphatic carbocycles. The van der Waals surface area contributed by atoms with E-state index in [9.17, 15) is 9.18 Å². The normalized spacial score (nSPS) is 17.2. The summed E-state index contributed by atoms with van der Waals surface area (Å²) in [6.07, 6.45) is 3.97. The molecule has 2 N–H and O–H groups in total. The first-order chi connectivity index (χ1) is 15.7. The van der Waals surface area contributed by atoms with Gasteiger partial charge in [0.2, 0.25) is 5.88 Å². The average molecular weight is 457 g/mol. The van der Waals surface area contributed by atoms with Crippen molar-refractivity contribution < 1.29 is 18.7 Å². The van der Waals surface area contributed by atoms with Crippen LogP contribution in [0.25, 0.3) is 11.2 Å². The van der Waals surface area contributed by atoms with E-state index in [0.717, 1.165) is 36.9 Å². The number of nitrogens with one attached hydrogen (secondary N) is 2. The number of fused-ring (bicyclic) bond motifs is 1. The Balaban J connectivity index is 1.49. The zero-order chi connectivity index (χ0) is 23.6. The summed E-state index contributed by atoms with van der Waals surface area (Å²) in [6.45, 7) is 8.15. The molecule has 1 aliphatic rings. The summed E-state index contributed by atoms with van der Waals surface area (Å²) in [5.41, 5.74) is 1.56. The smallest absolute Gasteiger partial charge is 0.407 e. The second-order valence-electron chi connectivity index (χ2n) is 9.20. The van der Waals surface area contributed by atoms with Crippen molar-refractivity contribution in [3.05, 3.63) is 42.1 Å². The Hall–Kier alpha value is -3.43. The molecule has 0 radical (unpaired) electrons. The molecule has 1 aliphatic heterocycles. The predicted octanol–water partition coefficient (Wildman–Crippen LogP) is 4.13. The number of aromatic amines is 1. The first kappa shape index (κ1) is 22.8. The molecule has 3 aromatic heterocycles. The molecule has 1 saturated heterocycles. The van der Waals surface area contributed by atoms with E-state index in [1.54, 1.807) is 34.0 Å². The monoisotopic (exact) mass is 456 g/mol. The molecule has 4 heterocycles. The van der Waals surface area contributed by atoms with Crippen LogP contribution in [0, 0.1) is 5.82 Å². The van der Waals surface area contributed by atoms with Gasteiger partial charge in [0.15, 0.2) is 5.65 Å². The molecule has 0 bridgehead atoms. The van der Waals surface area contributed by atoms with Crippen molar-refractivity contribution in [2.45, 2.75) is 58.2 Å². The molecule has 1 fully saturated rings. The van der Waals surface area contributed by atoms with Gasteiger partial charge in [-0.1, -0.05) is 0 Å². The third kappa shape index (κ3) is 5.50. The number of alkyl carbamates (subject to hydrolysis) is 1. The van der Waals surface area contributed by atoms with E-state index in [2.05, 4.69) is 30.2 Å². The zero-order valence-corrected chi connectivity index (χ0v) is 19.3. The Bertz CT molecular complexity index is 1130. The number of aromatic nitrogens is 4. The predicted molar refractivity (Wildman–Crippen MR) is 122 cm³/mol. The highest BCUT2D eigenvalue weighted by Crippen LogP contribution is 2.39. The van der Waals surface area contributed by atoms with Crippen molar-refractivity contribution in [2.24, 2.45) is 0 Å². The van der Waals surface area contributed by atoms with Crippen LogP contribution in [-0.2, 0) is 4.74 Å². The summed E-state index contributed by atoms with van der Waals surface area (Å²) in [6, 6.07) is 4.83. The zero-order valence-electron chi connectivity index (χ0n) is 19.3. The van der Waals surface area contributed by atoms with Crippen molar-refractivity contribution in [1.29, 1.82) is 0 Å². The van der Waals surface area contributed by atoms with Crippen LogP contribution in [0.4, 0.5) is 15.0 Å². The van der Waals surface area contributed by atoms with Gasteiger partial charge in [-0.15, -0.1) is 0 Å². The van der Waals surface area contributed by atoms with Gasteiger partial charge < -0.3 is 24.7 Å². The first-order valence-electron chi connectivity index (χ1n) is 11.0. The van der Waals surface area contributed by atoms with Gasteiger partial charge in [0.05, 0.1) is 24.6 Å². The van der Waals surface area contributed by atoms with Gasteiger partial charge in [-0.25, -0.2) is 24.1 Å². The van der Waals surface area contributed by atoms with Gasteiger partial charge in [-0.3, -0.25) is 0 Å². The van der Waals surface area contributed by atoms with Crippen LogP contribution < -0.4 is 15.0 Å². The van der Waals surface area contributed by atoms with E-state index in [0.29, 0.717) is 17.1 Å². The molecule has 1 amide bonds. The third-order valence-corrected chi connectivity index (χ3v) is 5.25. The minimum absolute atomic E-state index is 0.134. The van der Waals surface area contributed by atoms with Crippen LogP contribution in [0.15, 0.2) is 30.7 Å². The van der Waals surface area contributed by atoms with E-state index >= 15 is 0 Å². The molecular formula is C23H29FN6O3. The van der Waals surface area contributed by atoms with Crippen molar-refractivity contribution in [3.8, 4) is 5.88 Å². The number of H-pyrrole nitrogens is 1. The SMILES string of the molecule is C[C@@H](COc1ncc(F)cc1C1CCCN1c1ccc2nc[nH]c2n1)NC(=O)OC(C)(C)C. The second kappa shape index (κ2) is 9.21. The number of pyridine rings is 2. The van der Waals surface area contributed by atoms with E-state index < -0.39 is 17.5 Å². The van der Waals surface area contributed by atoms with Gasteiger partial charge in [-0.2, -0.15) is 0 Å². The largest absolute Gasteiger partial charge is 0.475 e. The number of anilines is 1. The summed E-state index contributed by atoms with van der Waals surface area (Å²) >= 11 is 0. The van der Waals surface area contributed by atoms with Gasteiger partial charge in [0.25, 0.3) is 0 Å². The molecule has 0 aromatic carbocycles. The van der Waals surface area contributed by atoms with E-state index in [4.69, 9.17) is 9.47 Å². The van der Waals surface area contributed by atoms with Crippen LogP contribution in [0.2, 0.25) is 0 Å². The molecule has 1 unspecified atom stereocenters. The molecule has 4 rings (SSSR count). The van der Waals surface area contributed by atoms with Crippen molar-refractivity contribution >= 4 is 23.1 Å². The molecular weight excluding hydrogens is 427 g/mol. The number of rotatable bonds is 6. The number of nitrogens with zero attached hydrogens (tertiary/aromatic N) is 4. The van der Waals surface area contributed by atoms with Gasteiger partial charge in [-0.05, 0) is 58.7 Å². The Morgan fingerprint density at radius 1 is 1.36 bits per heavy atom. The number of carbonyl (C=O) groups excluding carboxylic acids is 1. The van der Waals surface area contributed by atoms with E-state index in [-0.39, 0.29) is 18.7 Å². The number of hydrogen-bond acceptors (Lipinski definition) is 7. The van der Waals surface area contributed by atoms with Crippen LogP contribution in [0.3, 0.4) is 0 Å². The number of amides is 1. The molecule has 176 valence electrons. The fourth-order valence-electron chi connectivity index (χ4n) is 3.90. The lowest BCUT2D eigenvalue weighted by Gasteiger charge is -2.27. The van der Waals surface area contributed by atoms with Crippen molar-refractivity contribution in [2.75, 3.05) is 18.1 Å². The first-order valence-corrected chi connectivity index (χ1v) is 11.0. The standard InChI is InChI=1S/C23H29FN6O3/c1-14(28-22(31)33-23(2,3)4)12-32-21-16(10-15(24)11-25-21)18-6-5-9-30(18)19-8-7-17-20(29-19)27-13-26-17/h7-8,10-11,13-14,18H,5-6,9,12H2,1-4H3,(H,28,31)(H,26,27,29)/t14-,18?/m0/s1. The van der Waals surface area contributed by atoms with Crippen molar-refractivity contribution in [3.63, 3.8) is 0 Å². The Kier molecular flexibility index (Phi) is 6.35. The maximum atomic E-state index is 14.2. The molecule has 10 heteroatoms. The maximum Gasteiger partial charge on any atom is 0.407 e. The number of halogens is 1. The number of carbonyl (C=O) groups is 1. The Labute approximate surface area is 191 Å². The third-order valence-electron chi connectivity index (χ3n) is 5.25. The number of hydrogen-bond donors (Lipinski definition) is 2. The fraction of sp³-hybridized carbons (Fsp3) is 0.478. The quantitative estimate of drug-likeness (QED) is 0.575. The Morgan fingerprint density at radius 2 is 2.18 bits per heavy atom. The Morgan fingerprint density at radius 3 is 2.97 bits per heavy atom. The summed E-state index contributed by atoms with van der Waals surface area (Å²) < 4.78 is 25.4. The van der Waals surface area contributed by atoms with Crippen LogP contribution in [-0.4, -0.2) is 50.8 Å². The topological polar surface area (TPSA) is 105 Å². The summed E-state index contributed by atoms with van der Waals surface area (Å²) in [5.74, 6) is 0.694. The van der Waals surface area contributed by atoms with Crippen molar-refractivity contribution in [1.82, 2.24) is 25.3 Å². The number of imidazole rings is 1. The lowest BCUT2D eigenvalue weighted by Crippen LogP contribution is -2.40. The molecule has 2 atom stereocenters. The highest BCUT2D eigenvalue weighted by Gasteiger charge is 2.31. The van der Waals surface area contributed by atoms with Crippen LogP contribution in [0.1, 0.15) is 52.1 Å². The summed E-state index contributed by atoms with van der Waals surface area (Å²) in [7, 11) is 0. The second-order valence-corrected chi connectivity index (χ2v) is 9.20. The average Bonchev–Trinajstić information content (AvgIpc) is 3.40. The maximum absolute atomic E-state index is 14.2. The minimum atomic E-state index is -0.588. The number of ether oxygens (including phenoxy) is 2. The van der Waals surface area contributed by atoms with E-state index in [1.807, 2.05) is 12.1 Å². The molecule has 9 nitrogen and oxygen atoms in total. The van der Waals surface area contributed by atoms with Crippen LogP contribution in [0.5, 0.6) is 5.88 Å². The van der Waals surface area contributed by atoms with E-state index in [1.165, 1.54) is 6.07 Å². The lowest BCUT2D eigenvalue weighted by molar-refractivity contribution is 0.0493. The summed E-state index contributed by atoms with van der Waals surface area (Å²) in [4.78, 5) is 30.2. The van der Waals surface area contributed by atoms with Gasteiger partial charge in [0.1, 0.15) is 29.4 Å². The molecule has 33 heavy (non-hydrogen) atoms.